The maximum absolute atomic E-state index is 3.13. The fourth-order valence-electron chi connectivity index (χ4n) is 2.61. The zero-order valence-corrected chi connectivity index (χ0v) is 12.3. The third-order valence-electron chi connectivity index (χ3n) is 3.78. The maximum atomic E-state index is 3.13. The molecule has 1 rings (SSSR count). The second-order valence-corrected chi connectivity index (χ2v) is 5.38. The average molecular weight is 245 g/mol. The van der Waals surface area contributed by atoms with Crippen LogP contribution in [0.5, 0.6) is 0 Å². The minimum absolute atomic E-state index is 0.781. The van der Waals surface area contributed by atoms with E-state index in [1.54, 1.807) is 0 Å². The van der Waals surface area contributed by atoms with Crippen LogP contribution in [0.2, 0.25) is 0 Å². The van der Waals surface area contributed by atoms with Gasteiger partial charge in [0.25, 0.3) is 0 Å². The summed E-state index contributed by atoms with van der Waals surface area (Å²) in [6.45, 7) is 4.57. The molecule has 0 nitrogen and oxygen atoms in total. The lowest BCUT2D eigenvalue weighted by atomic mass is 9.88. The Hall–Kier alpha value is -0.780. The van der Waals surface area contributed by atoms with Gasteiger partial charge in [-0.2, -0.15) is 0 Å². The summed E-state index contributed by atoms with van der Waals surface area (Å²) in [7, 11) is 0. The number of hydrogen-bond acceptors (Lipinski definition) is 0. The molecular formula is C18H29. The molecule has 0 aliphatic rings. The summed E-state index contributed by atoms with van der Waals surface area (Å²) in [5.74, 6) is 0.781. The Labute approximate surface area is 114 Å². The molecule has 1 aromatic carbocycles. The molecule has 0 aromatic heterocycles. The van der Waals surface area contributed by atoms with E-state index in [0.717, 1.165) is 5.92 Å². The van der Waals surface area contributed by atoms with E-state index in [1.165, 1.54) is 63.4 Å². The first-order valence-electron chi connectivity index (χ1n) is 7.84. The summed E-state index contributed by atoms with van der Waals surface area (Å²) < 4.78 is 0. The first-order valence-corrected chi connectivity index (χ1v) is 7.84. The molecule has 0 amide bonds. The summed E-state index contributed by atoms with van der Waals surface area (Å²) in [5, 5.41) is 0. The van der Waals surface area contributed by atoms with Crippen LogP contribution in [-0.2, 0) is 0 Å². The van der Waals surface area contributed by atoms with Crippen LogP contribution in [0, 0.1) is 6.07 Å². The highest BCUT2D eigenvalue weighted by Crippen LogP contribution is 2.28. The molecule has 0 bridgehead atoms. The van der Waals surface area contributed by atoms with Crippen LogP contribution in [0.4, 0.5) is 0 Å². The fraction of sp³-hybridized carbons (Fsp3) is 0.667. The van der Waals surface area contributed by atoms with E-state index in [1.807, 2.05) is 0 Å². The van der Waals surface area contributed by atoms with Crippen LogP contribution in [0.3, 0.4) is 0 Å². The molecule has 0 aliphatic carbocycles. The van der Waals surface area contributed by atoms with Crippen LogP contribution in [0.25, 0.3) is 0 Å². The van der Waals surface area contributed by atoms with Gasteiger partial charge in [0.1, 0.15) is 0 Å². The average Bonchev–Trinajstić information content (AvgIpc) is 2.42. The first kappa shape index (κ1) is 15.3. The van der Waals surface area contributed by atoms with Gasteiger partial charge in [0.2, 0.25) is 0 Å². The van der Waals surface area contributed by atoms with Gasteiger partial charge >= 0.3 is 0 Å². The quantitative estimate of drug-likeness (QED) is 0.435. The van der Waals surface area contributed by atoms with Gasteiger partial charge in [0, 0.05) is 0 Å². The van der Waals surface area contributed by atoms with Crippen molar-refractivity contribution in [2.24, 2.45) is 0 Å². The number of hydrogen-bond donors (Lipinski definition) is 0. The maximum Gasteiger partial charge on any atom is -0.0162 e. The Morgan fingerprint density at radius 3 is 2.00 bits per heavy atom. The SMILES string of the molecule is CCCCCCC(CCCCC)c1cc[c]cc1. The Kier molecular flexibility index (Phi) is 8.63. The van der Waals surface area contributed by atoms with E-state index in [0.29, 0.717) is 0 Å². The largest absolute Gasteiger partial charge is 0.0654 e. The molecule has 0 heteroatoms. The van der Waals surface area contributed by atoms with Gasteiger partial charge in [-0.25, -0.2) is 0 Å². The van der Waals surface area contributed by atoms with E-state index < -0.39 is 0 Å². The summed E-state index contributed by atoms with van der Waals surface area (Å²) in [6.07, 6.45) is 12.3. The monoisotopic (exact) mass is 245 g/mol. The number of unbranched alkanes of at least 4 members (excludes halogenated alkanes) is 5. The minimum Gasteiger partial charge on any atom is -0.0654 e. The predicted molar refractivity (Wildman–Crippen MR) is 80.9 cm³/mol. The summed E-state index contributed by atoms with van der Waals surface area (Å²) >= 11 is 0. The first-order chi connectivity index (χ1) is 8.88. The third kappa shape index (κ3) is 6.23. The van der Waals surface area contributed by atoms with Crippen molar-refractivity contribution in [2.75, 3.05) is 0 Å². The molecule has 1 unspecified atom stereocenters. The van der Waals surface area contributed by atoms with Gasteiger partial charge in [-0.05, 0) is 30.4 Å². The van der Waals surface area contributed by atoms with Gasteiger partial charge in [-0.1, -0.05) is 83.1 Å². The van der Waals surface area contributed by atoms with Crippen molar-refractivity contribution in [1.82, 2.24) is 0 Å². The molecule has 0 saturated carbocycles. The van der Waals surface area contributed by atoms with E-state index >= 15 is 0 Å². The molecule has 0 aliphatic heterocycles. The van der Waals surface area contributed by atoms with Crippen molar-refractivity contribution < 1.29 is 0 Å². The number of rotatable bonds is 10. The van der Waals surface area contributed by atoms with E-state index in [-0.39, 0.29) is 0 Å². The van der Waals surface area contributed by atoms with Crippen LogP contribution in [-0.4, -0.2) is 0 Å². The van der Waals surface area contributed by atoms with Crippen LogP contribution < -0.4 is 0 Å². The summed E-state index contributed by atoms with van der Waals surface area (Å²) in [5.41, 5.74) is 1.53. The van der Waals surface area contributed by atoms with Crippen molar-refractivity contribution >= 4 is 0 Å². The third-order valence-corrected chi connectivity index (χ3v) is 3.78. The van der Waals surface area contributed by atoms with E-state index in [2.05, 4.69) is 44.2 Å². The lowest BCUT2D eigenvalue weighted by molar-refractivity contribution is 0.501. The molecule has 1 radical (unpaired) electrons. The van der Waals surface area contributed by atoms with E-state index in [4.69, 9.17) is 0 Å². The van der Waals surface area contributed by atoms with Crippen molar-refractivity contribution in [1.29, 1.82) is 0 Å². The number of benzene rings is 1. The lowest BCUT2D eigenvalue weighted by Gasteiger charge is -2.17. The van der Waals surface area contributed by atoms with Crippen molar-refractivity contribution in [2.45, 2.75) is 77.6 Å². The summed E-state index contributed by atoms with van der Waals surface area (Å²) in [6, 6.07) is 11.8. The Morgan fingerprint density at radius 2 is 1.39 bits per heavy atom. The predicted octanol–water partition coefficient (Wildman–Crippen LogP) is 6.12. The molecule has 0 saturated heterocycles. The smallest absolute Gasteiger partial charge is 0.0162 e. The zero-order chi connectivity index (χ0) is 13.1. The van der Waals surface area contributed by atoms with Gasteiger partial charge in [0.15, 0.2) is 0 Å². The highest BCUT2D eigenvalue weighted by molar-refractivity contribution is 5.18. The van der Waals surface area contributed by atoms with Crippen molar-refractivity contribution in [3.63, 3.8) is 0 Å². The molecule has 1 aromatic rings. The molecule has 0 spiro atoms. The van der Waals surface area contributed by atoms with E-state index in [9.17, 15) is 0 Å². The fourth-order valence-corrected chi connectivity index (χ4v) is 2.61. The topological polar surface area (TPSA) is 0 Å². The lowest BCUT2D eigenvalue weighted by Crippen LogP contribution is -1.99. The van der Waals surface area contributed by atoms with Gasteiger partial charge < -0.3 is 0 Å². The van der Waals surface area contributed by atoms with Crippen molar-refractivity contribution in [3.05, 3.63) is 35.9 Å². The van der Waals surface area contributed by atoms with Crippen LogP contribution >= 0.6 is 0 Å². The minimum atomic E-state index is 0.781. The van der Waals surface area contributed by atoms with Crippen molar-refractivity contribution in [3.8, 4) is 0 Å². The van der Waals surface area contributed by atoms with Gasteiger partial charge in [-0.3, -0.25) is 0 Å². The second-order valence-electron chi connectivity index (χ2n) is 5.38. The molecule has 101 valence electrons. The molecule has 0 N–H and O–H groups in total. The Morgan fingerprint density at radius 1 is 0.833 bits per heavy atom. The highest BCUT2D eigenvalue weighted by atomic mass is 14.1. The summed E-state index contributed by atoms with van der Waals surface area (Å²) in [4.78, 5) is 0. The molecule has 1 atom stereocenters. The standard InChI is InChI=1S/C18H29/c1-3-5-7-10-14-17(13-9-6-4-2)18-15-11-8-12-16-18/h11-12,15-17H,3-7,9-10,13-14H2,1-2H3. The molecule has 0 heterocycles. The Bertz CT molecular complexity index is 275. The highest BCUT2D eigenvalue weighted by Gasteiger charge is 2.10. The van der Waals surface area contributed by atoms with Gasteiger partial charge in [-0.15, -0.1) is 0 Å². The van der Waals surface area contributed by atoms with Crippen LogP contribution in [0.15, 0.2) is 24.3 Å². The molecule has 18 heavy (non-hydrogen) atoms. The Balaban J connectivity index is 2.42. The zero-order valence-electron chi connectivity index (χ0n) is 12.3. The van der Waals surface area contributed by atoms with Crippen LogP contribution in [0.1, 0.15) is 83.1 Å². The normalized spacial score (nSPS) is 12.6. The molecular weight excluding hydrogens is 216 g/mol. The second kappa shape index (κ2) is 10.2. The molecule has 0 fully saturated rings. The van der Waals surface area contributed by atoms with Gasteiger partial charge in [0.05, 0.1) is 0 Å².